The predicted octanol–water partition coefficient (Wildman–Crippen LogP) is -1.52. The molecule has 0 radical (unpaired) electrons. The Bertz CT molecular complexity index is 297. The number of aliphatic hydroxyl groups is 2. The molecule has 1 aromatic rings. The Labute approximate surface area is 91.5 Å². The minimum Gasteiger partial charge on any atom is -0.395 e. The predicted molar refractivity (Wildman–Crippen MR) is 56.4 cm³/mol. The van der Waals surface area contributed by atoms with Crippen LogP contribution >= 0.6 is 0 Å². The maximum atomic E-state index is 8.68. The van der Waals surface area contributed by atoms with Gasteiger partial charge in [-0.25, -0.2) is 5.48 Å². The fourth-order valence-corrected chi connectivity index (χ4v) is 0.919. The average Bonchev–Trinajstić information content (AvgIpc) is 2.33. The smallest absolute Gasteiger partial charge is 0.253 e. The molecule has 0 fully saturated rings. The molecule has 0 atom stereocenters. The molecule has 0 aliphatic rings. The van der Waals surface area contributed by atoms with Gasteiger partial charge < -0.3 is 20.8 Å². The van der Waals surface area contributed by atoms with Crippen LogP contribution < -0.4 is 16.1 Å². The first-order chi connectivity index (χ1) is 7.80. The number of anilines is 3. The fraction of sp³-hybridized carbons (Fsp3) is 0.571. The van der Waals surface area contributed by atoms with Crippen LogP contribution in [0.2, 0.25) is 0 Å². The molecule has 0 aromatic carbocycles. The molecule has 0 aliphatic heterocycles. The SMILES string of the molecule is OCCNc1nc(NO)nc(NCCO)n1. The van der Waals surface area contributed by atoms with E-state index in [-0.39, 0.29) is 44.1 Å². The van der Waals surface area contributed by atoms with Gasteiger partial charge in [-0.15, -0.1) is 0 Å². The number of nitrogens with one attached hydrogen (secondary N) is 3. The maximum absolute atomic E-state index is 8.68. The van der Waals surface area contributed by atoms with Gasteiger partial charge in [-0.1, -0.05) is 0 Å². The summed E-state index contributed by atoms with van der Waals surface area (Å²) in [5, 5.41) is 31.4. The van der Waals surface area contributed by atoms with Crippen molar-refractivity contribution in [1.82, 2.24) is 15.0 Å². The van der Waals surface area contributed by atoms with E-state index in [1.165, 1.54) is 0 Å². The summed E-state index contributed by atoms with van der Waals surface area (Å²) in [6, 6.07) is 0. The van der Waals surface area contributed by atoms with Gasteiger partial charge in [-0.2, -0.15) is 15.0 Å². The molecule has 16 heavy (non-hydrogen) atoms. The monoisotopic (exact) mass is 230 g/mol. The molecule has 0 spiro atoms. The normalized spacial score (nSPS) is 9.94. The molecular formula is C7H14N6O3. The molecule has 1 rings (SSSR count). The molecule has 0 bridgehead atoms. The third-order valence-electron chi connectivity index (χ3n) is 1.53. The van der Waals surface area contributed by atoms with Crippen LogP contribution in [0.3, 0.4) is 0 Å². The first-order valence-electron chi connectivity index (χ1n) is 4.65. The van der Waals surface area contributed by atoms with Crippen LogP contribution in [0.15, 0.2) is 0 Å². The van der Waals surface area contributed by atoms with E-state index in [0.717, 1.165) is 0 Å². The van der Waals surface area contributed by atoms with E-state index in [2.05, 4.69) is 25.6 Å². The topological polar surface area (TPSA) is 135 Å². The number of hydrogen-bond acceptors (Lipinski definition) is 9. The van der Waals surface area contributed by atoms with Crippen molar-refractivity contribution in [2.45, 2.75) is 0 Å². The highest BCUT2D eigenvalue weighted by molar-refractivity contribution is 5.40. The van der Waals surface area contributed by atoms with Gasteiger partial charge in [-0.05, 0) is 0 Å². The lowest BCUT2D eigenvalue weighted by Crippen LogP contribution is -2.14. The number of nitrogens with zero attached hydrogens (tertiary/aromatic N) is 3. The van der Waals surface area contributed by atoms with Gasteiger partial charge in [0.1, 0.15) is 0 Å². The van der Waals surface area contributed by atoms with Crippen LogP contribution in [0.4, 0.5) is 17.8 Å². The molecule has 0 unspecified atom stereocenters. The van der Waals surface area contributed by atoms with Gasteiger partial charge in [-0.3, -0.25) is 5.21 Å². The average molecular weight is 230 g/mol. The molecule has 0 aliphatic carbocycles. The van der Waals surface area contributed by atoms with Gasteiger partial charge in [0.2, 0.25) is 11.9 Å². The third kappa shape index (κ3) is 3.81. The van der Waals surface area contributed by atoms with E-state index in [1.54, 1.807) is 5.48 Å². The van der Waals surface area contributed by atoms with E-state index >= 15 is 0 Å². The lowest BCUT2D eigenvalue weighted by Gasteiger charge is -2.07. The highest BCUT2D eigenvalue weighted by atomic mass is 16.5. The second-order valence-corrected chi connectivity index (χ2v) is 2.72. The van der Waals surface area contributed by atoms with Crippen LogP contribution in [-0.2, 0) is 0 Å². The Balaban J connectivity index is 2.74. The van der Waals surface area contributed by atoms with Gasteiger partial charge in [0, 0.05) is 13.1 Å². The van der Waals surface area contributed by atoms with Crippen molar-refractivity contribution in [3.8, 4) is 0 Å². The number of hydrogen-bond donors (Lipinski definition) is 6. The summed E-state index contributed by atoms with van der Waals surface area (Å²) in [6.07, 6.45) is 0. The number of aromatic nitrogens is 3. The van der Waals surface area contributed by atoms with Crippen molar-refractivity contribution < 1.29 is 15.4 Å². The largest absolute Gasteiger partial charge is 0.395 e. The van der Waals surface area contributed by atoms with Crippen molar-refractivity contribution in [3.63, 3.8) is 0 Å². The minimum atomic E-state index is -0.0625. The van der Waals surface area contributed by atoms with Crippen LogP contribution in [0, 0.1) is 0 Å². The van der Waals surface area contributed by atoms with Crippen molar-refractivity contribution in [1.29, 1.82) is 0 Å². The van der Waals surface area contributed by atoms with Crippen LogP contribution in [0.5, 0.6) is 0 Å². The van der Waals surface area contributed by atoms with Crippen molar-refractivity contribution in [2.24, 2.45) is 0 Å². The lowest BCUT2D eigenvalue weighted by atomic mass is 10.6. The zero-order valence-corrected chi connectivity index (χ0v) is 8.51. The van der Waals surface area contributed by atoms with Gasteiger partial charge >= 0.3 is 0 Å². The molecule has 9 nitrogen and oxygen atoms in total. The van der Waals surface area contributed by atoms with Gasteiger partial charge in [0.25, 0.3) is 5.95 Å². The Morgan fingerprint density at radius 3 is 1.62 bits per heavy atom. The molecule has 0 saturated carbocycles. The Hall–Kier alpha value is -1.71. The summed E-state index contributed by atoms with van der Waals surface area (Å²) in [7, 11) is 0. The number of aliphatic hydroxyl groups excluding tert-OH is 2. The Morgan fingerprint density at radius 2 is 1.25 bits per heavy atom. The van der Waals surface area contributed by atoms with E-state index in [9.17, 15) is 0 Å². The molecular weight excluding hydrogens is 216 g/mol. The molecule has 1 aromatic heterocycles. The first-order valence-corrected chi connectivity index (χ1v) is 4.65. The number of rotatable bonds is 7. The summed E-state index contributed by atoms with van der Waals surface area (Å²) in [5.41, 5.74) is 1.79. The quantitative estimate of drug-likeness (QED) is 0.308. The summed E-state index contributed by atoms with van der Waals surface area (Å²) in [6.45, 7) is 0.447. The van der Waals surface area contributed by atoms with E-state index < -0.39 is 0 Å². The maximum Gasteiger partial charge on any atom is 0.253 e. The van der Waals surface area contributed by atoms with Gasteiger partial charge in [0.15, 0.2) is 0 Å². The summed E-state index contributed by atoms with van der Waals surface area (Å²) in [4.78, 5) is 11.5. The van der Waals surface area contributed by atoms with Crippen LogP contribution in [0.1, 0.15) is 0 Å². The Morgan fingerprint density at radius 1 is 0.812 bits per heavy atom. The fourth-order valence-electron chi connectivity index (χ4n) is 0.919. The third-order valence-corrected chi connectivity index (χ3v) is 1.53. The van der Waals surface area contributed by atoms with Gasteiger partial charge in [0.05, 0.1) is 13.2 Å². The van der Waals surface area contributed by atoms with Crippen LogP contribution in [-0.4, -0.2) is 56.7 Å². The lowest BCUT2D eigenvalue weighted by molar-refractivity contribution is 0.310. The second kappa shape index (κ2) is 6.71. The van der Waals surface area contributed by atoms with Crippen molar-refractivity contribution >= 4 is 17.8 Å². The van der Waals surface area contributed by atoms with E-state index in [1.807, 2.05) is 0 Å². The van der Waals surface area contributed by atoms with E-state index in [0.29, 0.717) is 0 Å². The summed E-state index contributed by atoms with van der Waals surface area (Å²) >= 11 is 0. The Kier molecular flexibility index (Phi) is 5.19. The standard InChI is InChI=1S/C7H14N6O3/c14-3-1-8-5-10-6(9-2-4-15)12-7(11-5)13-16/h14-16H,1-4H2,(H3,8,9,10,11,12,13). The summed E-state index contributed by atoms with van der Waals surface area (Å²) in [5.74, 6) is 0.387. The second-order valence-electron chi connectivity index (χ2n) is 2.72. The molecule has 90 valence electrons. The first kappa shape index (κ1) is 12.4. The zero-order chi connectivity index (χ0) is 11.8. The highest BCUT2D eigenvalue weighted by Gasteiger charge is 2.04. The molecule has 0 amide bonds. The molecule has 6 N–H and O–H groups in total. The molecule has 1 heterocycles. The molecule has 9 heteroatoms. The van der Waals surface area contributed by atoms with Crippen molar-refractivity contribution in [2.75, 3.05) is 42.4 Å². The highest BCUT2D eigenvalue weighted by Crippen LogP contribution is 2.07. The van der Waals surface area contributed by atoms with E-state index in [4.69, 9.17) is 15.4 Å². The van der Waals surface area contributed by atoms with Crippen LogP contribution in [0.25, 0.3) is 0 Å². The minimum absolute atomic E-state index is 0.0316. The zero-order valence-electron chi connectivity index (χ0n) is 8.51. The summed E-state index contributed by atoms with van der Waals surface area (Å²) < 4.78 is 0. The molecule has 0 saturated heterocycles. The van der Waals surface area contributed by atoms with Crippen molar-refractivity contribution in [3.05, 3.63) is 0 Å².